The monoisotopic (exact) mass is 210 g/mol. The molecule has 0 saturated heterocycles. The summed E-state index contributed by atoms with van der Waals surface area (Å²) in [6.45, 7) is 2.56. The second-order valence-electron chi connectivity index (χ2n) is 3.24. The molecule has 0 bridgehead atoms. The van der Waals surface area contributed by atoms with E-state index in [2.05, 4.69) is 0 Å². The van der Waals surface area contributed by atoms with E-state index in [0.29, 0.717) is 5.56 Å². The molecule has 1 aromatic rings. The Labute approximate surface area is 88.1 Å². The Morgan fingerprint density at radius 1 is 1.53 bits per heavy atom. The predicted octanol–water partition coefficient (Wildman–Crippen LogP) is 1.54. The molecule has 1 rings (SSSR count). The van der Waals surface area contributed by atoms with Gasteiger partial charge in [-0.2, -0.15) is 0 Å². The quantitative estimate of drug-likeness (QED) is 0.604. The van der Waals surface area contributed by atoms with Gasteiger partial charge >= 0.3 is 0 Å². The first-order valence-electron chi connectivity index (χ1n) is 4.69. The Morgan fingerprint density at radius 2 is 2.20 bits per heavy atom. The second-order valence-corrected chi connectivity index (χ2v) is 3.24. The first-order chi connectivity index (χ1) is 7.10. The number of nitrogens with zero attached hydrogens (tertiary/aromatic N) is 2. The minimum Gasteiger partial charge on any atom is -0.392 e. The third-order valence-electron chi connectivity index (χ3n) is 2.33. The fourth-order valence-corrected chi connectivity index (χ4v) is 1.35. The van der Waals surface area contributed by atoms with Crippen molar-refractivity contribution in [1.29, 1.82) is 0 Å². The van der Waals surface area contributed by atoms with Crippen LogP contribution in [0.1, 0.15) is 12.5 Å². The van der Waals surface area contributed by atoms with Gasteiger partial charge in [0, 0.05) is 37.0 Å². The van der Waals surface area contributed by atoms with Crippen LogP contribution in [0.3, 0.4) is 0 Å². The highest BCUT2D eigenvalue weighted by Gasteiger charge is 2.11. The molecule has 15 heavy (non-hydrogen) atoms. The van der Waals surface area contributed by atoms with Crippen LogP contribution in [0.25, 0.3) is 0 Å². The molecule has 0 unspecified atom stereocenters. The van der Waals surface area contributed by atoms with Crippen molar-refractivity contribution in [2.24, 2.45) is 0 Å². The molecule has 0 heterocycles. The number of hydrogen-bond donors (Lipinski definition) is 1. The van der Waals surface area contributed by atoms with Gasteiger partial charge in [-0.15, -0.1) is 0 Å². The number of aliphatic hydroxyl groups excluding tert-OH is 1. The fourth-order valence-electron chi connectivity index (χ4n) is 1.35. The maximum atomic E-state index is 10.5. The Kier molecular flexibility index (Phi) is 3.62. The summed E-state index contributed by atoms with van der Waals surface area (Å²) in [5.41, 5.74) is 1.41. The number of nitro groups is 1. The zero-order valence-corrected chi connectivity index (χ0v) is 8.80. The van der Waals surface area contributed by atoms with Crippen LogP contribution in [0, 0.1) is 10.1 Å². The van der Waals surface area contributed by atoms with E-state index < -0.39 is 4.92 Å². The standard InChI is InChI=1S/C10H14N2O3/c1-3-11(2)10-5-4-9(12(14)15)6-8(10)7-13/h4-6,13H,3,7H2,1-2H3. The molecule has 0 atom stereocenters. The Bertz CT molecular complexity index is 366. The molecule has 0 radical (unpaired) electrons. The summed E-state index contributed by atoms with van der Waals surface area (Å²) < 4.78 is 0. The van der Waals surface area contributed by atoms with Crippen LogP contribution < -0.4 is 4.90 Å². The molecular weight excluding hydrogens is 196 g/mol. The molecule has 0 aliphatic heterocycles. The summed E-state index contributed by atoms with van der Waals surface area (Å²) in [6, 6.07) is 4.51. The lowest BCUT2D eigenvalue weighted by Gasteiger charge is -2.19. The highest BCUT2D eigenvalue weighted by molar-refractivity contribution is 5.57. The van der Waals surface area contributed by atoms with Crippen LogP contribution in [0.5, 0.6) is 0 Å². The first-order valence-corrected chi connectivity index (χ1v) is 4.69. The number of nitro benzene ring substituents is 1. The summed E-state index contributed by atoms with van der Waals surface area (Å²) >= 11 is 0. The van der Waals surface area contributed by atoms with Gasteiger partial charge < -0.3 is 10.0 Å². The molecule has 1 N–H and O–H groups in total. The zero-order valence-electron chi connectivity index (χ0n) is 8.80. The van der Waals surface area contributed by atoms with E-state index in [1.54, 1.807) is 6.07 Å². The van der Waals surface area contributed by atoms with Crippen LogP contribution in [0.2, 0.25) is 0 Å². The minimum atomic E-state index is -0.463. The third kappa shape index (κ3) is 2.44. The summed E-state index contributed by atoms with van der Waals surface area (Å²) in [6.07, 6.45) is 0. The van der Waals surface area contributed by atoms with Crippen LogP contribution in [0.15, 0.2) is 18.2 Å². The Balaban J connectivity index is 3.14. The number of non-ortho nitro benzene ring substituents is 1. The first kappa shape index (κ1) is 11.5. The van der Waals surface area contributed by atoms with E-state index >= 15 is 0 Å². The van der Waals surface area contributed by atoms with Crippen molar-refractivity contribution >= 4 is 11.4 Å². The molecule has 0 aliphatic carbocycles. The molecule has 0 aliphatic rings. The van der Waals surface area contributed by atoms with Crippen molar-refractivity contribution in [3.63, 3.8) is 0 Å². The van der Waals surface area contributed by atoms with Crippen molar-refractivity contribution in [2.75, 3.05) is 18.5 Å². The van der Waals surface area contributed by atoms with Crippen LogP contribution in [0.4, 0.5) is 11.4 Å². The van der Waals surface area contributed by atoms with Crippen LogP contribution >= 0.6 is 0 Å². The average molecular weight is 210 g/mol. The molecule has 0 aromatic heterocycles. The Hall–Kier alpha value is -1.62. The zero-order chi connectivity index (χ0) is 11.4. The highest BCUT2D eigenvalue weighted by Crippen LogP contribution is 2.24. The van der Waals surface area contributed by atoms with E-state index in [1.807, 2.05) is 18.9 Å². The number of rotatable bonds is 4. The largest absolute Gasteiger partial charge is 0.392 e. The van der Waals surface area contributed by atoms with E-state index in [-0.39, 0.29) is 12.3 Å². The van der Waals surface area contributed by atoms with Gasteiger partial charge in [-0.3, -0.25) is 10.1 Å². The van der Waals surface area contributed by atoms with Gasteiger partial charge in [0.1, 0.15) is 0 Å². The number of benzene rings is 1. The lowest BCUT2D eigenvalue weighted by Crippen LogP contribution is -2.17. The maximum Gasteiger partial charge on any atom is 0.269 e. The lowest BCUT2D eigenvalue weighted by atomic mass is 10.1. The van der Waals surface area contributed by atoms with Crippen LogP contribution in [-0.2, 0) is 6.61 Å². The van der Waals surface area contributed by atoms with Gasteiger partial charge in [-0.05, 0) is 13.0 Å². The summed E-state index contributed by atoms with van der Waals surface area (Å²) in [5, 5.41) is 19.6. The molecule has 1 aromatic carbocycles. The highest BCUT2D eigenvalue weighted by atomic mass is 16.6. The molecule has 0 fully saturated rings. The molecular formula is C10H14N2O3. The number of aliphatic hydroxyl groups is 1. The smallest absolute Gasteiger partial charge is 0.269 e. The SMILES string of the molecule is CCN(C)c1ccc([N+](=O)[O-])cc1CO. The van der Waals surface area contributed by atoms with Gasteiger partial charge in [0.25, 0.3) is 5.69 Å². The number of hydrogen-bond acceptors (Lipinski definition) is 4. The molecule has 0 spiro atoms. The minimum absolute atomic E-state index is 0.00676. The molecule has 0 saturated carbocycles. The van der Waals surface area contributed by atoms with Gasteiger partial charge in [-0.25, -0.2) is 0 Å². The molecule has 0 amide bonds. The van der Waals surface area contributed by atoms with Crippen molar-refractivity contribution in [3.8, 4) is 0 Å². The summed E-state index contributed by atoms with van der Waals surface area (Å²) in [7, 11) is 1.88. The van der Waals surface area contributed by atoms with Crippen molar-refractivity contribution in [2.45, 2.75) is 13.5 Å². The summed E-state index contributed by atoms with van der Waals surface area (Å²) in [4.78, 5) is 12.0. The van der Waals surface area contributed by atoms with Gasteiger partial charge in [0.15, 0.2) is 0 Å². The molecule has 82 valence electrons. The van der Waals surface area contributed by atoms with Crippen molar-refractivity contribution < 1.29 is 10.0 Å². The normalized spacial score (nSPS) is 10.1. The molecule has 5 heteroatoms. The van der Waals surface area contributed by atoms with E-state index in [1.165, 1.54) is 12.1 Å². The topological polar surface area (TPSA) is 66.6 Å². The third-order valence-corrected chi connectivity index (χ3v) is 2.33. The Morgan fingerprint density at radius 3 is 2.67 bits per heavy atom. The van der Waals surface area contributed by atoms with E-state index in [0.717, 1.165) is 12.2 Å². The van der Waals surface area contributed by atoms with Crippen molar-refractivity contribution in [3.05, 3.63) is 33.9 Å². The maximum absolute atomic E-state index is 10.5. The molecule has 5 nitrogen and oxygen atoms in total. The lowest BCUT2D eigenvalue weighted by molar-refractivity contribution is -0.384. The second kappa shape index (κ2) is 4.75. The van der Waals surface area contributed by atoms with Crippen LogP contribution in [-0.4, -0.2) is 23.6 Å². The summed E-state index contributed by atoms with van der Waals surface area (Å²) in [5.74, 6) is 0. The van der Waals surface area contributed by atoms with E-state index in [9.17, 15) is 10.1 Å². The predicted molar refractivity (Wildman–Crippen MR) is 58.0 cm³/mol. The average Bonchev–Trinajstić information content (AvgIpc) is 2.27. The van der Waals surface area contributed by atoms with Gasteiger partial charge in [0.05, 0.1) is 11.5 Å². The van der Waals surface area contributed by atoms with Crippen molar-refractivity contribution in [1.82, 2.24) is 0 Å². The van der Waals surface area contributed by atoms with Gasteiger partial charge in [-0.1, -0.05) is 0 Å². The van der Waals surface area contributed by atoms with Gasteiger partial charge in [0.2, 0.25) is 0 Å². The fraction of sp³-hybridized carbons (Fsp3) is 0.400. The number of anilines is 1. The van der Waals surface area contributed by atoms with E-state index in [4.69, 9.17) is 5.11 Å².